The van der Waals surface area contributed by atoms with Crippen LogP contribution in [0.5, 0.6) is 0 Å². The molecule has 0 spiro atoms. The van der Waals surface area contributed by atoms with Gasteiger partial charge in [0.25, 0.3) is 0 Å². The molecule has 4 nitrogen and oxygen atoms in total. The summed E-state index contributed by atoms with van der Waals surface area (Å²) in [5.41, 5.74) is 2.48. The number of allylic oxidation sites excluding steroid dienone is 2. The second-order valence-corrected chi connectivity index (χ2v) is 7.66. The third kappa shape index (κ3) is 7.13. The average molecular weight is 413 g/mol. The fourth-order valence-electron chi connectivity index (χ4n) is 3.44. The van der Waals surface area contributed by atoms with Crippen molar-refractivity contribution in [3.8, 4) is 0 Å². The number of aryl methyl sites for hydroxylation is 1. The Morgan fingerprint density at radius 3 is 2.77 bits per heavy atom. The smallest absolute Gasteiger partial charge is 0.131 e. The molecule has 164 valence electrons. The highest BCUT2D eigenvalue weighted by atomic mass is 19.1. The Hall–Kier alpha value is -2.40. The third-order valence-corrected chi connectivity index (χ3v) is 5.15. The van der Waals surface area contributed by atoms with Crippen LogP contribution < -0.4 is 10.6 Å². The molecule has 0 radical (unpaired) electrons. The summed E-state index contributed by atoms with van der Waals surface area (Å²) in [7, 11) is 1.94. The van der Waals surface area contributed by atoms with Crippen molar-refractivity contribution in [1.29, 1.82) is 0 Å². The van der Waals surface area contributed by atoms with Crippen molar-refractivity contribution in [1.82, 2.24) is 15.5 Å². The van der Waals surface area contributed by atoms with E-state index in [4.69, 9.17) is 0 Å². The standard InChI is InChI=1S/C25H37FN4/c1-5-8-9-10-11-20-12-13-23(26)22(19-20)21(7-3)25-29-24(14-18-30(25)4)28-17-16-27-15-6-2/h7,12-14,18-19,27H,3,5-6,8-11,15-17H2,1-2,4H3,(H,28,29)/b25-21+. The highest BCUT2D eigenvalue weighted by molar-refractivity contribution is 5.96. The lowest BCUT2D eigenvalue weighted by Crippen LogP contribution is -2.35. The largest absolute Gasteiger partial charge is 0.337 e. The van der Waals surface area contributed by atoms with E-state index in [1.54, 1.807) is 12.1 Å². The molecule has 0 unspecified atom stereocenters. The Morgan fingerprint density at radius 2 is 2.03 bits per heavy atom. The van der Waals surface area contributed by atoms with Crippen LogP contribution in [0.1, 0.15) is 57.1 Å². The summed E-state index contributed by atoms with van der Waals surface area (Å²) in [6.45, 7) is 10.8. The molecule has 1 aliphatic rings. The first-order valence-corrected chi connectivity index (χ1v) is 11.2. The number of halogens is 1. The first kappa shape index (κ1) is 23.9. The van der Waals surface area contributed by atoms with Gasteiger partial charge < -0.3 is 15.5 Å². The van der Waals surface area contributed by atoms with Gasteiger partial charge in [-0.25, -0.2) is 4.39 Å². The molecule has 0 bridgehead atoms. The van der Waals surface area contributed by atoms with E-state index < -0.39 is 0 Å². The van der Waals surface area contributed by atoms with Crippen LogP contribution in [0.3, 0.4) is 0 Å². The van der Waals surface area contributed by atoms with E-state index in [1.807, 2.05) is 36.4 Å². The predicted octanol–water partition coefficient (Wildman–Crippen LogP) is 5.25. The zero-order chi connectivity index (χ0) is 21.8. The molecule has 0 amide bonds. The van der Waals surface area contributed by atoms with E-state index in [2.05, 4.69) is 36.1 Å². The zero-order valence-corrected chi connectivity index (χ0v) is 18.8. The van der Waals surface area contributed by atoms with E-state index in [9.17, 15) is 4.39 Å². The monoisotopic (exact) mass is 412 g/mol. The van der Waals surface area contributed by atoms with E-state index >= 15 is 0 Å². The summed E-state index contributed by atoms with van der Waals surface area (Å²) in [6.07, 6.45) is 12.5. The quantitative estimate of drug-likeness (QED) is 0.461. The van der Waals surface area contributed by atoms with Crippen LogP contribution in [0.2, 0.25) is 0 Å². The van der Waals surface area contributed by atoms with Gasteiger partial charge in [0.05, 0.1) is 6.54 Å². The Kier molecular flexibility index (Phi) is 10.4. The maximum Gasteiger partial charge on any atom is 0.131 e. The van der Waals surface area contributed by atoms with Crippen LogP contribution in [0.4, 0.5) is 4.39 Å². The van der Waals surface area contributed by atoms with Gasteiger partial charge in [0.1, 0.15) is 17.5 Å². The van der Waals surface area contributed by atoms with E-state index in [0.717, 1.165) is 55.1 Å². The second kappa shape index (κ2) is 13.0. The predicted molar refractivity (Wildman–Crippen MR) is 127 cm³/mol. The van der Waals surface area contributed by atoms with Gasteiger partial charge in [0, 0.05) is 30.9 Å². The highest BCUT2D eigenvalue weighted by Crippen LogP contribution is 2.26. The summed E-state index contributed by atoms with van der Waals surface area (Å²) in [5, 5.41) is 6.70. The molecule has 2 rings (SSSR count). The Bertz CT molecular complexity index is 779. The van der Waals surface area contributed by atoms with Gasteiger partial charge in [0.2, 0.25) is 0 Å². The fourth-order valence-corrected chi connectivity index (χ4v) is 3.44. The van der Waals surface area contributed by atoms with Crippen molar-refractivity contribution in [3.05, 3.63) is 65.9 Å². The van der Waals surface area contributed by atoms with Gasteiger partial charge in [-0.05, 0) is 49.6 Å². The average Bonchev–Trinajstić information content (AvgIpc) is 2.75. The topological polar surface area (TPSA) is 39.7 Å². The Morgan fingerprint density at radius 1 is 1.20 bits per heavy atom. The van der Waals surface area contributed by atoms with Gasteiger partial charge in [-0.3, -0.25) is 4.99 Å². The van der Waals surface area contributed by atoms with Crippen molar-refractivity contribution in [2.75, 3.05) is 26.7 Å². The summed E-state index contributed by atoms with van der Waals surface area (Å²) < 4.78 is 14.8. The Balaban J connectivity index is 2.22. The molecule has 0 fully saturated rings. The van der Waals surface area contributed by atoms with Crippen molar-refractivity contribution in [2.45, 2.75) is 52.4 Å². The van der Waals surface area contributed by atoms with Gasteiger partial charge in [-0.15, -0.1) is 0 Å². The summed E-state index contributed by atoms with van der Waals surface area (Å²) in [5.74, 6) is 1.33. The van der Waals surface area contributed by atoms with Crippen molar-refractivity contribution < 1.29 is 4.39 Å². The highest BCUT2D eigenvalue weighted by Gasteiger charge is 2.18. The lowest BCUT2D eigenvalue weighted by Gasteiger charge is -2.27. The first-order valence-electron chi connectivity index (χ1n) is 11.2. The SMILES string of the molecule is C=C/C(=C1/NC(=NCCNCCC)C=CN1C)c1cc(CCCCCC)ccc1F. The van der Waals surface area contributed by atoms with Gasteiger partial charge in [-0.1, -0.05) is 51.8 Å². The lowest BCUT2D eigenvalue weighted by molar-refractivity contribution is 0.533. The zero-order valence-electron chi connectivity index (χ0n) is 18.8. The molecule has 0 atom stereocenters. The van der Waals surface area contributed by atoms with Crippen LogP contribution >= 0.6 is 0 Å². The van der Waals surface area contributed by atoms with Crippen molar-refractivity contribution >= 4 is 11.4 Å². The summed E-state index contributed by atoms with van der Waals surface area (Å²) in [6, 6.07) is 5.43. The molecule has 1 heterocycles. The molecule has 30 heavy (non-hydrogen) atoms. The van der Waals surface area contributed by atoms with E-state index in [1.165, 1.54) is 19.3 Å². The van der Waals surface area contributed by atoms with Gasteiger partial charge in [0.15, 0.2) is 0 Å². The van der Waals surface area contributed by atoms with Crippen LogP contribution in [0.15, 0.2) is 53.9 Å². The normalized spacial score (nSPS) is 16.7. The molecular formula is C25H37FN4. The molecule has 5 heteroatoms. The molecule has 2 N–H and O–H groups in total. The fraction of sp³-hybridized carbons (Fsp3) is 0.480. The van der Waals surface area contributed by atoms with Gasteiger partial charge >= 0.3 is 0 Å². The second-order valence-electron chi connectivity index (χ2n) is 7.66. The summed E-state index contributed by atoms with van der Waals surface area (Å²) in [4.78, 5) is 6.56. The number of unbranched alkanes of at least 4 members (excludes halogenated alkanes) is 3. The lowest BCUT2D eigenvalue weighted by atomic mass is 9.98. The molecule has 0 aliphatic carbocycles. The maximum atomic E-state index is 14.8. The molecule has 0 saturated heterocycles. The number of amidine groups is 1. The van der Waals surface area contributed by atoms with E-state index in [-0.39, 0.29) is 5.82 Å². The minimum absolute atomic E-state index is 0.235. The number of aliphatic imine (C=N–C) groups is 1. The molecule has 0 aromatic heterocycles. The van der Waals surface area contributed by atoms with Crippen molar-refractivity contribution in [3.63, 3.8) is 0 Å². The molecule has 1 aliphatic heterocycles. The molecule has 1 aromatic rings. The van der Waals surface area contributed by atoms with Crippen molar-refractivity contribution in [2.24, 2.45) is 4.99 Å². The minimum Gasteiger partial charge on any atom is -0.337 e. The molecule has 1 aromatic carbocycles. The molecule has 0 saturated carbocycles. The summed E-state index contributed by atoms with van der Waals surface area (Å²) >= 11 is 0. The number of nitrogens with zero attached hydrogens (tertiary/aromatic N) is 2. The first-order chi connectivity index (χ1) is 14.6. The van der Waals surface area contributed by atoms with E-state index in [0.29, 0.717) is 12.1 Å². The number of benzene rings is 1. The van der Waals surface area contributed by atoms with Crippen LogP contribution in [0, 0.1) is 5.82 Å². The number of hydrogen-bond donors (Lipinski definition) is 2. The number of nitrogens with one attached hydrogen (secondary N) is 2. The third-order valence-electron chi connectivity index (χ3n) is 5.15. The van der Waals surface area contributed by atoms with Crippen LogP contribution in [0.25, 0.3) is 5.57 Å². The number of hydrogen-bond acceptors (Lipinski definition) is 3. The van der Waals surface area contributed by atoms with Gasteiger partial charge in [-0.2, -0.15) is 0 Å². The Labute approximate surface area is 181 Å². The number of rotatable bonds is 12. The minimum atomic E-state index is -0.235. The molecular weight excluding hydrogens is 375 g/mol. The van der Waals surface area contributed by atoms with Crippen LogP contribution in [-0.4, -0.2) is 37.4 Å². The maximum absolute atomic E-state index is 14.8. The van der Waals surface area contributed by atoms with Crippen LogP contribution in [-0.2, 0) is 6.42 Å².